The summed E-state index contributed by atoms with van der Waals surface area (Å²) in [6, 6.07) is 4.43. The molecule has 4 nitrogen and oxygen atoms in total. The van der Waals surface area contributed by atoms with Gasteiger partial charge >= 0.3 is 5.97 Å². The molecule has 0 radical (unpaired) electrons. The van der Waals surface area contributed by atoms with E-state index in [0.717, 1.165) is 30.6 Å². The Morgan fingerprint density at radius 2 is 2.00 bits per heavy atom. The number of benzene rings is 1. The summed E-state index contributed by atoms with van der Waals surface area (Å²) >= 11 is 7.27. The standard InChI is InChI=1S/C18H19ClFNO3S/c1-10-4-3-5-11(2)21(10)15(22)9-24-18(23)17-16(19)13-7-6-12(20)8-14(13)25-17/h6-8,10-11H,3-5,9H2,1-2H3/t10-,11-/m0/s1. The molecule has 25 heavy (non-hydrogen) atoms. The summed E-state index contributed by atoms with van der Waals surface area (Å²) in [5, 5.41) is 0.835. The van der Waals surface area contributed by atoms with Crippen LogP contribution in [0.2, 0.25) is 5.02 Å². The zero-order chi connectivity index (χ0) is 18.1. The van der Waals surface area contributed by atoms with Gasteiger partial charge in [0.1, 0.15) is 10.7 Å². The second-order valence-electron chi connectivity index (χ2n) is 6.39. The van der Waals surface area contributed by atoms with Crippen molar-refractivity contribution in [3.63, 3.8) is 0 Å². The molecule has 0 aliphatic carbocycles. The first-order valence-corrected chi connectivity index (χ1v) is 9.43. The molecule has 1 aromatic carbocycles. The first-order chi connectivity index (χ1) is 11.9. The van der Waals surface area contributed by atoms with E-state index in [0.29, 0.717) is 10.1 Å². The summed E-state index contributed by atoms with van der Waals surface area (Å²) in [5.74, 6) is -1.25. The van der Waals surface area contributed by atoms with Crippen LogP contribution in [-0.4, -0.2) is 35.5 Å². The highest BCUT2D eigenvalue weighted by Crippen LogP contribution is 2.36. The zero-order valence-corrected chi connectivity index (χ0v) is 15.6. The number of likely N-dealkylation sites (tertiary alicyclic amines) is 1. The number of carbonyl (C=O) groups excluding carboxylic acids is 2. The second kappa shape index (κ2) is 7.30. The molecule has 7 heteroatoms. The average molecular weight is 384 g/mol. The van der Waals surface area contributed by atoms with Crippen LogP contribution in [-0.2, 0) is 9.53 Å². The van der Waals surface area contributed by atoms with Crippen molar-refractivity contribution in [2.24, 2.45) is 0 Å². The first kappa shape index (κ1) is 18.1. The number of amides is 1. The van der Waals surface area contributed by atoms with Crippen molar-refractivity contribution in [2.45, 2.75) is 45.2 Å². The first-order valence-electron chi connectivity index (χ1n) is 8.24. The van der Waals surface area contributed by atoms with Gasteiger partial charge in [-0.15, -0.1) is 11.3 Å². The highest BCUT2D eigenvalue weighted by Gasteiger charge is 2.30. The molecule has 1 amide bonds. The zero-order valence-electron chi connectivity index (χ0n) is 14.1. The lowest BCUT2D eigenvalue weighted by molar-refractivity contribution is -0.140. The molecule has 2 heterocycles. The minimum Gasteiger partial charge on any atom is -0.451 e. The molecule has 134 valence electrons. The summed E-state index contributed by atoms with van der Waals surface area (Å²) in [5.41, 5.74) is 0. The van der Waals surface area contributed by atoms with Crippen LogP contribution in [0.5, 0.6) is 0 Å². The van der Waals surface area contributed by atoms with Gasteiger partial charge in [-0.3, -0.25) is 4.79 Å². The molecule has 1 aromatic heterocycles. The van der Waals surface area contributed by atoms with Crippen LogP contribution in [0.25, 0.3) is 10.1 Å². The molecule has 0 bridgehead atoms. The molecule has 2 atom stereocenters. The third kappa shape index (κ3) is 3.65. The van der Waals surface area contributed by atoms with Crippen LogP contribution in [0.4, 0.5) is 4.39 Å². The van der Waals surface area contributed by atoms with E-state index in [1.54, 1.807) is 4.90 Å². The lowest BCUT2D eigenvalue weighted by atomic mass is 9.97. The minimum absolute atomic E-state index is 0.144. The fraction of sp³-hybridized carbons (Fsp3) is 0.444. The molecular weight excluding hydrogens is 365 g/mol. The third-order valence-corrected chi connectivity index (χ3v) is 6.22. The molecule has 0 spiro atoms. The van der Waals surface area contributed by atoms with E-state index in [2.05, 4.69) is 0 Å². The summed E-state index contributed by atoms with van der Waals surface area (Å²) in [7, 11) is 0. The average Bonchev–Trinajstić information content (AvgIpc) is 2.88. The Morgan fingerprint density at radius 1 is 1.32 bits per heavy atom. The Balaban J connectivity index is 1.70. The highest BCUT2D eigenvalue weighted by molar-refractivity contribution is 7.21. The smallest absolute Gasteiger partial charge is 0.350 e. The normalized spacial score (nSPS) is 20.7. The van der Waals surface area contributed by atoms with Gasteiger partial charge in [-0.25, -0.2) is 9.18 Å². The SMILES string of the molecule is C[C@H]1CCC[C@H](C)N1C(=O)COC(=O)c1sc2cc(F)ccc2c1Cl. The van der Waals surface area contributed by atoms with Gasteiger partial charge in [-0.2, -0.15) is 0 Å². The molecular formula is C18H19ClFNO3S. The second-order valence-corrected chi connectivity index (χ2v) is 7.82. The number of hydrogen-bond donors (Lipinski definition) is 0. The number of rotatable bonds is 3. The Kier molecular flexibility index (Phi) is 5.29. The Bertz CT molecular complexity index is 812. The Morgan fingerprint density at radius 3 is 2.68 bits per heavy atom. The van der Waals surface area contributed by atoms with E-state index < -0.39 is 11.8 Å². The van der Waals surface area contributed by atoms with Crippen molar-refractivity contribution in [3.05, 3.63) is 33.9 Å². The van der Waals surface area contributed by atoms with Crippen molar-refractivity contribution in [3.8, 4) is 0 Å². The fourth-order valence-corrected chi connectivity index (χ4v) is 4.78. The van der Waals surface area contributed by atoms with E-state index in [9.17, 15) is 14.0 Å². The Hall–Kier alpha value is -1.66. The number of esters is 1. The van der Waals surface area contributed by atoms with E-state index in [4.69, 9.17) is 16.3 Å². The quantitative estimate of drug-likeness (QED) is 0.725. The lowest BCUT2D eigenvalue weighted by Gasteiger charge is -2.38. The fourth-order valence-electron chi connectivity index (χ4n) is 3.35. The van der Waals surface area contributed by atoms with Crippen molar-refractivity contribution < 1.29 is 18.7 Å². The minimum atomic E-state index is -0.655. The van der Waals surface area contributed by atoms with Crippen LogP contribution in [0.1, 0.15) is 42.8 Å². The number of carbonyl (C=O) groups is 2. The summed E-state index contributed by atoms with van der Waals surface area (Å²) in [6.07, 6.45) is 3.01. The molecule has 3 rings (SSSR count). The van der Waals surface area contributed by atoms with Crippen LogP contribution < -0.4 is 0 Å². The van der Waals surface area contributed by atoms with Gasteiger partial charge in [-0.05, 0) is 51.3 Å². The van der Waals surface area contributed by atoms with E-state index >= 15 is 0 Å². The van der Waals surface area contributed by atoms with E-state index in [1.165, 1.54) is 18.2 Å². The van der Waals surface area contributed by atoms with Crippen molar-refractivity contribution in [1.82, 2.24) is 4.90 Å². The predicted molar refractivity (Wildman–Crippen MR) is 96.7 cm³/mol. The molecule has 0 unspecified atom stereocenters. The molecule has 0 saturated carbocycles. The van der Waals surface area contributed by atoms with Gasteiger partial charge in [0.2, 0.25) is 0 Å². The maximum atomic E-state index is 13.3. The highest BCUT2D eigenvalue weighted by atomic mass is 35.5. The van der Waals surface area contributed by atoms with Gasteiger partial charge in [0, 0.05) is 22.2 Å². The van der Waals surface area contributed by atoms with Gasteiger partial charge in [0.15, 0.2) is 6.61 Å². The topological polar surface area (TPSA) is 46.6 Å². The molecule has 1 aliphatic rings. The largest absolute Gasteiger partial charge is 0.451 e. The molecule has 1 aliphatic heterocycles. The van der Waals surface area contributed by atoms with Crippen LogP contribution in [0, 0.1) is 5.82 Å². The van der Waals surface area contributed by atoms with Crippen LogP contribution >= 0.6 is 22.9 Å². The van der Waals surface area contributed by atoms with Crippen LogP contribution in [0.3, 0.4) is 0 Å². The van der Waals surface area contributed by atoms with Crippen molar-refractivity contribution in [2.75, 3.05) is 6.61 Å². The molecule has 2 aromatic rings. The monoisotopic (exact) mass is 383 g/mol. The third-order valence-electron chi connectivity index (χ3n) is 4.59. The molecule has 1 saturated heterocycles. The number of ether oxygens (including phenoxy) is 1. The number of fused-ring (bicyclic) bond motifs is 1. The van der Waals surface area contributed by atoms with Gasteiger partial charge in [0.25, 0.3) is 5.91 Å². The maximum Gasteiger partial charge on any atom is 0.350 e. The summed E-state index contributed by atoms with van der Waals surface area (Å²) in [6.45, 7) is 3.70. The van der Waals surface area contributed by atoms with Crippen molar-refractivity contribution >= 4 is 44.9 Å². The lowest BCUT2D eigenvalue weighted by Crippen LogP contribution is -2.49. The number of nitrogens with zero attached hydrogens (tertiary/aromatic N) is 1. The Labute approximate surface area is 154 Å². The van der Waals surface area contributed by atoms with Gasteiger partial charge < -0.3 is 9.64 Å². The predicted octanol–water partition coefficient (Wildman–Crippen LogP) is 4.64. The van der Waals surface area contributed by atoms with Crippen LogP contribution in [0.15, 0.2) is 18.2 Å². The van der Waals surface area contributed by atoms with E-state index in [1.807, 2.05) is 13.8 Å². The number of hydrogen-bond acceptors (Lipinski definition) is 4. The summed E-state index contributed by atoms with van der Waals surface area (Å²) in [4.78, 5) is 26.7. The number of thiophene rings is 1. The van der Waals surface area contributed by atoms with E-state index in [-0.39, 0.29) is 34.5 Å². The molecule has 0 N–H and O–H groups in total. The number of piperidine rings is 1. The van der Waals surface area contributed by atoms with Gasteiger partial charge in [-0.1, -0.05) is 11.6 Å². The maximum absolute atomic E-state index is 13.3. The molecule has 1 fully saturated rings. The van der Waals surface area contributed by atoms with Crippen molar-refractivity contribution in [1.29, 1.82) is 0 Å². The summed E-state index contributed by atoms with van der Waals surface area (Å²) < 4.78 is 19.1. The number of halogens is 2. The van der Waals surface area contributed by atoms with Gasteiger partial charge in [0.05, 0.1) is 5.02 Å².